The molecule has 1 aliphatic rings. The summed E-state index contributed by atoms with van der Waals surface area (Å²) in [6.07, 6.45) is 6.15. The maximum Gasteiger partial charge on any atom is 0.163 e. The second-order valence-electron chi connectivity index (χ2n) is 6.69. The van der Waals surface area contributed by atoms with Crippen LogP contribution in [0.3, 0.4) is 0 Å². The van der Waals surface area contributed by atoms with Crippen molar-refractivity contribution in [2.24, 2.45) is 0 Å². The molecule has 0 atom stereocenters. The Labute approximate surface area is 164 Å². The van der Waals surface area contributed by atoms with Gasteiger partial charge in [-0.3, -0.25) is 4.98 Å². The van der Waals surface area contributed by atoms with E-state index >= 15 is 0 Å². The lowest BCUT2D eigenvalue weighted by molar-refractivity contribution is 0.352. The van der Waals surface area contributed by atoms with E-state index in [1.807, 2.05) is 42.5 Å². The molecule has 1 aliphatic heterocycles. The topological polar surface area (TPSA) is 53.9 Å². The maximum absolute atomic E-state index is 6.03. The predicted octanol–water partition coefficient (Wildman–Crippen LogP) is 4.37. The first-order valence-electron chi connectivity index (χ1n) is 9.29. The standard InChI is InChI=1S/C21H22ClN5/c22-18-7-5-16(6-8-18)19-14-20(24-10-13-27-11-1-2-12-27)26-21(25-19)17-4-3-9-23-15-17/h3-9,14-15H,1-2,10-13H2,(H,24,25,26). The molecule has 5 nitrogen and oxygen atoms in total. The number of nitrogens with one attached hydrogen (secondary N) is 1. The quantitative estimate of drug-likeness (QED) is 0.689. The molecule has 4 rings (SSSR count). The van der Waals surface area contributed by atoms with Gasteiger partial charge in [0.2, 0.25) is 0 Å². The van der Waals surface area contributed by atoms with E-state index in [-0.39, 0.29) is 0 Å². The third-order valence-electron chi connectivity index (χ3n) is 4.72. The fourth-order valence-electron chi connectivity index (χ4n) is 3.28. The molecule has 1 aromatic carbocycles. The first-order chi connectivity index (χ1) is 13.3. The van der Waals surface area contributed by atoms with E-state index < -0.39 is 0 Å². The minimum Gasteiger partial charge on any atom is -0.369 e. The number of benzene rings is 1. The van der Waals surface area contributed by atoms with Gasteiger partial charge in [-0.1, -0.05) is 23.7 Å². The summed E-state index contributed by atoms with van der Waals surface area (Å²) in [7, 11) is 0. The number of halogens is 1. The lowest BCUT2D eigenvalue weighted by Crippen LogP contribution is -2.26. The molecule has 138 valence electrons. The van der Waals surface area contributed by atoms with Crippen LogP contribution < -0.4 is 5.32 Å². The maximum atomic E-state index is 6.03. The van der Waals surface area contributed by atoms with E-state index in [1.165, 1.54) is 25.9 Å². The summed E-state index contributed by atoms with van der Waals surface area (Å²) in [5.41, 5.74) is 2.77. The molecule has 1 saturated heterocycles. The number of aromatic nitrogens is 3. The Kier molecular flexibility index (Phi) is 5.61. The molecule has 3 heterocycles. The van der Waals surface area contributed by atoms with E-state index in [0.717, 1.165) is 35.7 Å². The monoisotopic (exact) mass is 379 g/mol. The highest BCUT2D eigenvalue weighted by Crippen LogP contribution is 2.25. The molecule has 0 bridgehead atoms. The van der Waals surface area contributed by atoms with Gasteiger partial charge < -0.3 is 10.2 Å². The zero-order valence-corrected chi connectivity index (χ0v) is 15.9. The van der Waals surface area contributed by atoms with Gasteiger partial charge in [0.1, 0.15) is 5.82 Å². The van der Waals surface area contributed by atoms with Gasteiger partial charge in [-0.05, 0) is 50.2 Å². The van der Waals surface area contributed by atoms with Gasteiger partial charge in [0.05, 0.1) is 5.69 Å². The highest BCUT2D eigenvalue weighted by atomic mass is 35.5. The molecule has 0 saturated carbocycles. The van der Waals surface area contributed by atoms with Gasteiger partial charge in [-0.2, -0.15) is 0 Å². The normalized spacial score (nSPS) is 14.4. The first-order valence-corrected chi connectivity index (χ1v) is 9.67. The highest BCUT2D eigenvalue weighted by molar-refractivity contribution is 6.30. The molecule has 0 aliphatic carbocycles. The van der Waals surface area contributed by atoms with Crippen molar-refractivity contribution in [2.75, 3.05) is 31.5 Å². The minimum atomic E-state index is 0.666. The Morgan fingerprint density at radius 1 is 1.00 bits per heavy atom. The second kappa shape index (κ2) is 8.46. The van der Waals surface area contributed by atoms with Crippen molar-refractivity contribution in [2.45, 2.75) is 12.8 Å². The van der Waals surface area contributed by atoms with Gasteiger partial charge >= 0.3 is 0 Å². The van der Waals surface area contributed by atoms with E-state index in [1.54, 1.807) is 12.4 Å². The summed E-state index contributed by atoms with van der Waals surface area (Å²) < 4.78 is 0. The molecule has 0 spiro atoms. The smallest absolute Gasteiger partial charge is 0.163 e. The van der Waals surface area contributed by atoms with Crippen molar-refractivity contribution in [3.8, 4) is 22.6 Å². The molecule has 0 amide bonds. The fourth-order valence-corrected chi connectivity index (χ4v) is 3.40. The minimum absolute atomic E-state index is 0.666. The molecular formula is C21H22ClN5. The largest absolute Gasteiger partial charge is 0.369 e. The van der Waals surface area contributed by atoms with Crippen molar-refractivity contribution < 1.29 is 0 Å². The average molecular weight is 380 g/mol. The summed E-state index contributed by atoms with van der Waals surface area (Å²) in [6.45, 7) is 4.29. The summed E-state index contributed by atoms with van der Waals surface area (Å²) >= 11 is 6.03. The summed E-state index contributed by atoms with van der Waals surface area (Å²) in [5.74, 6) is 1.49. The van der Waals surface area contributed by atoms with Crippen LogP contribution in [0, 0.1) is 0 Å². The zero-order chi connectivity index (χ0) is 18.5. The van der Waals surface area contributed by atoms with E-state index in [9.17, 15) is 0 Å². The molecule has 6 heteroatoms. The van der Waals surface area contributed by atoms with Crippen LogP contribution in [0.1, 0.15) is 12.8 Å². The van der Waals surface area contributed by atoms with E-state index in [0.29, 0.717) is 10.8 Å². The van der Waals surface area contributed by atoms with Gasteiger partial charge in [0, 0.05) is 47.7 Å². The van der Waals surface area contributed by atoms with Gasteiger partial charge in [-0.25, -0.2) is 9.97 Å². The van der Waals surface area contributed by atoms with Crippen molar-refractivity contribution in [1.82, 2.24) is 19.9 Å². The third kappa shape index (κ3) is 4.62. The lowest BCUT2D eigenvalue weighted by atomic mass is 10.1. The molecule has 2 aromatic heterocycles. The molecule has 0 radical (unpaired) electrons. The van der Waals surface area contributed by atoms with Gasteiger partial charge in [0.15, 0.2) is 5.82 Å². The van der Waals surface area contributed by atoms with Gasteiger partial charge in [0.25, 0.3) is 0 Å². The number of nitrogens with zero attached hydrogens (tertiary/aromatic N) is 4. The number of hydrogen-bond acceptors (Lipinski definition) is 5. The number of anilines is 1. The van der Waals surface area contributed by atoms with Crippen LogP contribution in [0.4, 0.5) is 5.82 Å². The fraction of sp³-hybridized carbons (Fsp3) is 0.286. The Bertz CT molecular complexity index is 877. The second-order valence-corrected chi connectivity index (χ2v) is 7.12. The number of pyridine rings is 1. The average Bonchev–Trinajstić information content (AvgIpc) is 3.22. The van der Waals surface area contributed by atoms with Crippen molar-refractivity contribution >= 4 is 17.4 Å². The third-order valence-corrected chi connectivity index (χ3v) is 4.97. The van der Waals surface area contributed by atoms with Crippen LogP contribution in [0.2, 0.25) is 5.02 Å². The molecule has 3 aromatic rings. The lowest BCUT2D eigenvalue weighted by Gasteiger charge is -2.15. The van der Waals surface area contributed by atoms with Crippen LogP contribution in [0.5, 0.6) is 0 Å². The molecule has 1 fully saturated rings. The van der Waals surface area contributed by atoms with Gasteiger partial charge in [-0.15, -0.1) is 0 Å². The van der Waals surface area contributed by atoms with Crippen LogP contribution in [0.25, 0.3) is 22.6 Å². The van der Waals surface area contributed by atoms with E-state index in [4.69, 9.17) is 21.6 Å². The summed E-state index contributed by atoms with van der Waals surface area (Å²) in [6, 6.07) is 13.6. The number of rotatable bonds is 6. The van der Waals surface area contributed by atoms with Crippen molar-refractivity contribution in [3.63, 3.8) is 0 Å². The Morgan fingerprint density at radius 3 is 2.56 bits per heavy atom. The first kappa shape index (κ1) is 17.9. The number of hydrogen-bond donors (Lipinski definition) is 1. The van der Waals surface area contributed by atoms with Crippen LogP contribution in [0.15, 0.2) is 54.9 Å². The molecule has 1 N–H and O–H groups in total. The Balaban J connectivity index is 1.60. The molecule has 27 heavy (non-hydrogen) atoms. The zero-order valence-electron chi connectivity index (χ0n) is 15.1. The molecule has 0 unspecified atom stereocenters. The highest BCUT2D eigenvalue weighted by Gasteiger charge is 2.12. The predicted molar refractivity (Wildman–Crippen MR) is 110 cm³/mol. The van der Waals surface area contributed by atoms with Crippen LogP contribution >= 0.6 is 11.6 Å². The Hall–Kier alpha value is -2.50. The summed E-state index contributed by atoms with van der Waals surface area (Å²) in [5, 5.41) is 4.18. The van der Waals surface area contributed by atoms with Crippen molar-refractivity contribution in [1.29, 1.82) is 0 Å². The van der Waals surface area contributed by atoms with Crippen LogP contribution in [-0.4, -0.2) is 46.0 Å². The van der Waals surface area contributed by atoms with E-state index in [2.05, 4.69) is 15.2 Å². The van der Waals surface area contributed by atoms with Crippen LogP contribution in [-0.2, 0) is 0 Å². The Morgan fingerprint density at radius 2 is 1.81 bits per heavy atom. The molecular weight excluding hydrogens is 358 g/mol. The number of likely N-dealkylation sites (tertiary alicyclic amines) is 1. The SMILES string of the molecule is Clc1ccc(-c2cc(NCCN3CCCC3)nc(-c3cccnc3)n2)cc1. The summed E-state index contributed by atoms with van der Waals surface area (Å²) in [4.78, 5) is 16.1. The van der Waals surface area contributed by atoms with Crippen molar-refractivity contribution in [3.05, 3.63) is 59.9 Å².